The summed E-state index contributed by atoms with van der Waals surface area (Å²) in [6.45, 7) is 5.94. The number of aromatic nitrogens is 2. The van der Waals surface area contributed by atoms with Gasteiger partial charge in [-0.05, 0) is 44.0 Å². The fourth-order valence-corrected chi connectivity index (χ4v) is 2.70. The summed E-state index contributed by atoms with van der Waals surface area (Å²) < 4.78 is 0. The number of nitrogens with one attached hydrogen (secondary N) is 1. The van der Waals surface area contributed by atoms with Crippen molar-refractivity contribution < 1.29 is 4.79 Å². The number of benzene rings is 1. The van der Waals surface area contributed by atoms with Crippen LogP contribution in [0.3, 0.4) is 0 Å². The Kier molecular flexibility index (Phi) is 5.33. The molecule has 4 nitrogen and oxygen atoms in total. The van der Waals surface area contributed by atoms with E-state index >= 15 is 0 Å². The highest BCUT2D eigenvalue weighted by Gasteiger charge is 2.07. The number of amides is 1. The number of carbonyl (C=O) groups excluding carboxylic acids is 1. The average Bonchev–Trinajstić information content (AvgIpc) is 2.44. The summed E-state index contributed by atoms with van der Waals surface area (Å²) >= 11 is 1.35. The van der Waals surface area contributed by atoms with Crippen LogP contribution < -0.4 is 5.32 Å². The third kappa shape index (κ3) is 4.86. The largest absolute Gasteiger partial charge is 0.325 e. The van der Waals surface area contributed by atoms with Gasteiger partial charge in [-0.2, -0.15) is 0 Å². The molecule has 0 bridgehead atoms. The number of rotatable bonds is 5. The molecule has 0 aliphatic rings. The van der Waals surface area contributed by atoms with Gasteiger partial charge in [-0.15, -0.1) is 0 Å². The van der Waals surface area contributed by atoms with Gasteiger partial charge in [0.25, 0.3) is 0 Å². The molecule has 0 saturated carbocycles. The number of carbonyl (C=O) groups is 1. The molecule has 0 atom stereocenters. The first-order chi connectivity index (χ1) is 10.1. The molecule has 0 spiro atoms. The molecule has 0 aliphatic carbocycles. The van der Waals surface area contributed by atoms with Crippen LogP contribution in [0, 0.1) is 13.8 Å². The number of nitrogens with zero attached hydrogens (tertiary/aromatic N) is 2. The normalized spacial score (nSPS) is 10.4. The summed E-state index contributed by atoms with van der Waals surface area (Å²) in [5, 5.41) is 3.54. The van der Waals surface area contributed by atoms with Crippen molar-refractivity contribution in [2.75, 3.05) is 11.1 Å². The molecule has 0 aliphatic heterocycles. The fraction of sp³-hybridized carbons (Fsp3) is 0.312. The molecule has 110 valence electrons. The van der Waals surface area contributed by atoms with Crippen LogP contribution in [0.2, 0.25) is 0 Å². The topological polar surface area (TPSA) is 54.9 Å². The van der Waals surface area contributed by atoms with Crippen molar-refractivity contribution in [1.82, 2.24) is 9.97 Å². The zero-order valence-electron chi connectivity index (χ0n) is 12.5. The first-order valence-corrected chi connectivity index (χ1v) is 7.89. The number of hydrogen-bond acceptors (Lipinski definition) is 4. The van der Waals surface area contributed by atoms with E-state index in [1.165, 1.54) is 17.3 Å². The van der Waals surface area contributed by atoms with Gasteiger partial charge in [0, 0.05) is 17.1 Å². The molecule has 1 aromatic heterocycles. The lowest BCUT2D eigenvalue weighted by Gasteiger charge is -2.06. The van der Waals surface area contributed by atoms with Crippen LogP contribution in [0.1, 0.15) is 23.9 Å². The first-order valence-electron chi connectivity index (χ1n) is 6.90. The molecule has 0 saturated heterocycles. The van der Waals surface area contributed by atoms with E-state index in [0.29, 0.717) is 10.9 Å². The van der Waals surface area contributed by atoms with Crippen molar-refractivity contribution in [3.8, 4) is 0 Å². The monoisotopic (exact) mass is 301 g/mol. The van der Waals surface area contributed by atoms with E-state index in [4.69, 9.17) is 0 Å². The van der Waals surface area contributed by atoms with Crippen LogP contribution in [0.25, 0.3) is 0 Å². The molecule has 2 aromatic rings. The lowest BCUT2D eigenvalue weighted by Crippen LogP contribution is -2.14. The maximum absolute atomic E-state index is 12.0. The van der Waals surface area contributed by atoms with Gasteiger partial charge >= 0.3 is 0 Å². The zero-order chi connectivity index (χ0) is 15.2. The van der Waals surface area contributed by atoms with E-state index in [-0.39, 0.29) is 5.91 Å². The average molecular weight is 301 g/mol. The van der Waals surface area contributed by atoms with Crippen LogP contribution >= 0.6 is 11.8 Å². The van der Waals surface area contributed by atoms with Gasteiger partial charge in [0.1, 0.15) is 0 Å². The Bertz CT molecular complexity index is 623. The van der Waals surface area contributed by atoms with E-state index in [1.54, 1.807) is 0 Å². The second-order valence-corrected chi connectivity index (χ2v) is 5.77. The van der Waals surface area contributed by atoms with Crippen molar-refractivity contribution in [1.29, 1.82) is 0 Å². The van der Waals surface area contributed by atoms with Crippen LogP contribution in [-0.2, 0) is 11.2 Å². The Labute approximate surface area is 129 Å². The zero-order valence-corrected chi connectivity index (χ0v) is 13.3. The SMILES string of the molecule is CCc1cccc(NC(=O)CSc2nc(C)cc(C)n2)c1. The van der Waals surface area contributed by atoms with E-state index in [1.807, 2.05) is 44.2 Å². The number of aryl methyl sites for hydroxylation is 3. The molecular weight excluding hydrogens is 282 g/mol. The maximum Gasteiger partial charge on any atom is 0.234 e. The smallest absolute Gasteiger partial charge is 0.234 e. The quantitative estimate of drug-likeness (QED) is 0.679. The van der Waals surface area contributed by atoms with E-state index in [0.717, 1.165) is 23.5 Å². The van der Waals surface area contributed by atoms with Gasteiger partial charge in [0.05, 0.1) is 5.75 Å². The molecule has 0 unspecified atom stereocenters. The minimum absolute atomic E-state index is 0.0454. The van der Waals surface area contributed by atoms with Crippen molar-refractivity contribution in [3.63, 3.8) is 0 Å². The van der Waals surface area contributed by atoms with Crippen molar-refractivity contribution in [2.45, 2.75) is 32.3 Å². The van der Waals surface area contributed by atoms with E-state index < -0.39 is 0 Å². The highest BCUT2D eigenvalue weighted by molar-refractivity contribution is 7.99. The summed E-state index contributed by atoms with van der Waals surface area (Å²) in [4.78, 5) is 20.6. The van der Waals surface area contributed by atoms with Crippen LogP contribution in [-0.4, -0.2) is 21.6 Å². The minimum Gasteiger partial charge on any atom is -0.325 e. The van der Waals surface area contributed by atoms with Gasteiger partial charge in [-0.1, -0.05) is 30.8 Å². The molecule has 1 heterocycles. The summed E-state index contributed by atoms with van der Waals surface area (Å²) in [6.07, 6.45) is 0.953. The Hall–Kier alpha value is -1.88. The first kappa shape index (κ1) is 15.5. The highest BCUT2D eigenvalue weighted by Crippen LogP contribution is 2.16. The summed E-state index contributed by atoms with van der Waals surface area (Å²) in [5.74, 6) is 0.259. The third-order valence-corrected chi connectivity index (χ3v) is 3.76. The Morgan fingerprint density at radius 3 is 2.57 bits per heavy atom. The molecular formula is C16H19N3OS. The highest BCUT2D eigenvalue weighted by atomic mass is 32.2. The van der Waals surface area contributed by atoms with Crippen molar-refractivity contribution >= 4 is 23.4 Å². The lowest BCUT2D eigenvalue weighted by atomic mass is 10.1. The van der Waals surface area contributed by atoms with Crippen molar-refractivity contribution in [3.05, 3.63) is 47.3 Å². The van der Waals surface area contributed by atoms with E-state index in [9.17, 15) is 4.79 Å². The number of thioether (sulfide) groups is 1. The molecule has 1 amide bonds. The number of hydrogen-bond donors (Lipinski definition) is 1. The second kappa shape index (κ2) is 7.22. The van der Waals surface area contributed by atoms with E-state index in [2.05, 4.69) is 22.2 Å². The molecule has 21 heavy (non-hydrogen) atoms. The Morgan fingerprint density at radius 2 is 1.90 bits per heavy atom. The van der Waals surface area contributed by atoms with Gasteiger partial charge in [0.2, 0.25) is 5.91 Å². The predicted octanol–water partition coefficient (Wildman–Crippen LogP) is 3.39. The minimum atomic E-state index is -0.0454. The fourth-order valence-electron chi connectivity index (χ4n) is 1.95. The molecule has 5 heteroatoms. The molecule has 1 aromatic carbocycles. The molecule has 0 radical (unpaired) electrons. The summed E-state index contributed by atoms with van der Waals surface area (Å²) in [5.41, 5.74) is 3.88. The van der Waals surface area contributed by atoms with Crippen LogP contribution in [0.5, 0.6) is 0 Å². The predicted molar refractivity (Wildman–Crippen MR) is 86.7 cm³/mol. The standard InChI is InChI=1S/C16H19N3OS/c1-4-13-6-5-7-14(9-13)19-15(20)10-21-16-17-11(2)8-12(3)18-16/h5-9H,4,10H2,1-3H3,(H,19,20). The van der Waals surface area contributed by atoms with Gasteiger partial charge in [0.15, 0.2) is 5.16 Å². The molecule has 2 rings (SSSR count). The third-order valence-electron chi connectivity index (χ3n) is 2.91. The maximum atomic E-state index is 12.0. The van der Waals surface area contributed by atoms with Crippen LogP contribution in [0.15, 0.2) is 35.5 Å². The van der Waals surface area contributed by atoms with Gasteiger partial charge in [-0.3, -0.25) is 4.79 Å². The van der Waals surface area contributed by atoms with Crippen LogP contribution in [0.4, 0.5) is 5.69 Å². The summed E-state index contributed by atoms with van der Waals surface area (Å²) in [6, 6.07) is 9.81. The molecule has 1 N–H and O–H groups in total. The van der Waals surface area contributed by atoms with Crippen molar-refractivity contribution in [2.24, 2.45) is 0 Å². The second-order valence-electron chi connectivity index (χ2n) is 4.82. The Balaban J connectivity index is 1.92. The molecule has 0 fully saturated rings. The lowest BCUT2D eigenvalue weighted by molar-refractivity contribution is -0.113. The summed E-state index contributed by atoms with van der Waals surface area (Å²) in [7, 11) is 0. The number of anilines is 1. The van der Waals surface area contributed by atoms with Gasteiger partial charge < -0.3 is 5.32 Å². The Morgan fingerprint density at radius 1 is 1.19 bits per heavy atom. The van der Waals surface area contributed by atoms with Gasteiger partial charge in [-0.25, -0.2) is 9.97 Å².